The van der Waals surface area contributed by atoms with Crippen LogP contribution >= 0.6 is 0 Å². The molecule has 0 radical (unpaired) electrons. The van der Waals surface area contributed by atoms with Crippen LogP contribution in [0.4, 0.5) is 37.1 Å². The van der Waals surface area contributed by atoms with E-state index in [0.29, 0.717) is 38.9 Å². The van der Waals surface area contributed by atoms with Gasteiger partial charge < -0.3 is 19.3 Å². The SMILES string of the molecule is CCC1CC(N(Cc2cc(C(F)(F)F)cc(C(F)(F)F)c2)c2ncc(C3CCCOCC3)cn2)C[C@@H](CC)N1C(=O)OC(C)(C)C. The first kappa shape index (κ1) is 35.8. The molecule has 0 bridgehead atoms. The van der Waals surface area contributed by atoms with Gasteiger partial charge in [-0.2, -0.15) is 26.3 Å². The van der Waals surface area contributed by atoms with E-state index in [4.69, 9.17) is 9.47 Å². The molecule has 2 aliphatic rings. The predicted molar refractivity (Wildman–Crippen MR) is 161 cm³/mol. The second-order valence-corrected chi connectivity index (χ2v) is 13.2. The van der Waals surface area contributed by atoms with Gasteiger partial charge in [-0.15, -0.1) is 0 Å². The first-order valence-electron chi connectivity index (χ1n) is 16.0. The van der Waals surface area contributed by atoms with Gasteiger partial charge in [0.05, 0.1) is 11.1 Å². The maximum atomic E-state index is 13.8. The summed E-state index contributed by atoms with van der Waals surface area (Å²) in [6.45, 7) is 10.2. The van der Waals surface area contributed by atoms with Crippen molar-refractivity contribution < 1.29 is 40.6 Å². The van der Waals surface area contributed by atoms with E-state index in [1.54, 1.807) is 43.0 Å². The van der Waals surface area contributed by atoms with Crippen molar-refractivity contribution in [1.82, 2.24) is 14.9 Å². The van der Waals surface area contributed by atoms with Gasteiger partial charge in [0, 0.05) is 50.3 Å². The third-order valence-corrected chi connectivity index (χ3v) is 8.70. The topological polar surface area (TPSA) is 67.8 Å². The number of rotatable bonds is 7. The number of ether oxygens (including phenoxy) is 2. The van der Waals surface area contributed by atoms with Crippen LogP contribution in [0.2, 0.25) is 0 Å². The molecule has 256 valence electrons. The summed E-state index contributed by atoms with van der Waals surface area (Å²) in [5.74, 6) is 0.397. The third kappa shape index (κ3) is 9.04. The molecule has 4 atom stereocenters. The zero-order valence-corrected chi connectivity index (χ0v) is 27.0. The lowest BCUT2D eigenvalue weighted by molar-refractivity contribution is -0.143. The monoisotopic (exact) mass is 658 g/mol. The number of carbonyl (C=O) groups is 1. The molecule has 2 aromatic rings. The number of hydrogen-bond acceptors (Lipinski definition) is 6. The largest absolute Gasteiger partial charge is 0.444 e. The highest BCUT2D eigenvalue weighted by Crippen LogP contribution is 2.39. The Morgan fingerprint density at radius 1 is 0.913 bits per heavy atom. The van der Waals surface area contributed by atoms with E-state index < -0.39 is 35.2 Å². The summed E-state index contributed by atoms with van der Waals surface area (Å²) < 4.78 is 93.9. The average molecular weight is 659 g/mol. The van der Waals surface area contributed by atoms with E-state index in [-0.39, 0.29) is 48.2 Å². The van der Waals surface area contributed by atoms with Crippen molar-refractivity contribution in [2.45, 2.75) is 128 Å². The quantitative estimate of drug-likeness (QED) is 0.277. The zero-order valence-electron chi connectivity index (χ0n) is 27.0. The highest BCUT2D eigenvalue weighted by atomic mass is 19.4. The minimum absolute atomic E-state index is 0.134. The molecule has 1 aromatic heterocycles. The molecule has 0 N–H and O–H groups in total. The van der Waals surface area contributed by atoms with E-state index in [2.05, 4.69) is 9.97 Å². The van der Waals surface area contributed by atoms with Gasteiger partial charge in [0.25, 0.3) is 0 Å². The van der Waals surface area contributed by atoms with Crippen molar-refractivity contribution in [3.63, 3.8) is 0 Å². The number of carbonyl (C=O) groups excluding carboxylic acids is 1. The Bertz CT molecular complexity index is 1260. The minimum atomic E-state index is -4.97. The van der Waals surface area contributed by atoms with Crippen molar-refractivity contribution in [2.75, 3.05) is 18.1 Å². The number of halogens is 6. The lowest BCUT2D eigenvalue weighted by Gasteiger charge is -2.48. The molecule has 4 rings (SSSR count). The van der Waals surface area contributed by atoms with Gasteiger partial charge in [-0.1, -0.05) is 13.8 Å². The molecule has 2 saturated heterocycles. The molecule has 1 aromatic carbocycles. The maximum Gasteiger partial charge on any atom is 0.416 e. The molecule has 46 heavy (non-hydrogen) atoms. The van der Waals surface area contributed by atoms with Crippen LogP contribution in [-0.4, -0.2) is 57.9 Å². The number of hydrogen-bond donors (Lipinski definition) is 0. The molecule has 1 amide bonds. The second kappa shape index (κ2) is 14.4. The molecular formula is C33H44F6N4O3. The normalized spacial score (nSPS) is 23.2. The summed E-state index contributed by atoms with van der Waals surface area (Å²) >= 11 is 0. The Morgan fingerprint density at radius 2 is 1.48 bits per heavy atom. The average Bonchev–Trinajstić information content (AvgIpc) is 3.27. The van der Waals surface area contributed by atoms with Crippen molar-refractivity contribution >= 4 is 12.0 Å². The molecule has 13 heteroatoms. The summed E-state index contributed by atoms with van der Waals surface area (Å²) in [6, 6.07) is 0.709. The molecule has 0 saturated carbocycles. The molecule has 3 unspecified atom stereocenters. The number of anilines is 1. The van der Waals surface area contributed by atoms with Crippen LogP contribution in [-0.2, 0) is 28.4 Å². The van der Waals surface area contributed by atoms with Gasteiger partial charge in [0.1, 0.15) is 5.60 Å². The third-order valence-electron chi connectivity index (χ3n) is 8.70. The summed E-state index contributed by atoms with van der Waals surface area (Å²) in [7, 11) is 0. The molecule has 0 aliphatic carbocycles. The number of amides is 1. The van der Waals surface area contributed by atoms with Crippen LogP contribution in [0, 0.1) is 0 Å². The number of alkyl halides is 6. The van der Waals surface area contributed by atoms with Crippen LogP contribution in [0.3, 0.4) is 0 Å². The molecule has 2 aliphatic heterocycles. The number of nitrogens with zero attached hydrogens (tertiary/aromatic N) is 4. The Balaban J connectivity index is 1.74. The molecule has 2 fully saturated rings. The van der Waals surface area contributed by atoms with Crippen molar-refractivity contribution in [1.29, 1.82) is 0 Å². The first-order chi connectivity index (χ1) is 21.5. The van der Waals surface area contributed by atoms with Crippen LogP contribution in [0.5, 0.6) is 0 Å². The van der Waals surface area contributed by atoms with Crippen LogP contribution < -0.4 is 4.90 Å². The zero-order chi connectivity index (χ0) is 33.9. The van der Waals surface area contributed by atoms with Crippen molar-refractivity contribution in [3.8, 4) is 0 Å². The Morgan fingerprint density at radius 3 is 1.98 bits per heavy atom. The van der Waals surface area contributed by atoms with Crippen molar-refractivity contribution in [3.05, 3.63) is 52.8 Å². The molecule has 0 spiro atoms. The van der Waals surface area contributed by atoms with Gasteiger partial charge in [0.2, 0.25) is 5.95 Å². The standard InChI is InChI=1S/C33H44F6N4O3/c1-6-26-16-28(17-27(7-2)43(26)30(44)46-31(3,4)5)42(29-40-18-23(19-41-29)22-9-8-11-45-12-10-22)20-21-13-24(32(34,35)36)15-25(14-21)33(37,38)39/h13-15,18-19,22,26-28H,6-12,16-17,20H2,1-5H3/t22?,26-,27?,28?/m1/s1. The lowest BCUT2D eigenvalue weighted by Crippen LogP contribution is -2.57. The molecule has 3 heterocycles. The number of piperidine rings is 1. The fourth-order valence-corrected chi connectivity index (χ4v) is 6.44. The van der Waals surface area contributed by atoms with Gasteiger partial charge in [-0.05, 0) is 101 Å². The first-order valence-corrected chi connectivity index (χ1v) is 16.0. The Kier molecular flexibility index (Phi) is 11.2. The van der Waals surface area contributed by atoms with Gasteiger partial charge in [-0.25, -0.2) is 14.8 Å². The smallest absolute Gasteiger partial charge is 0.416 e. The van der Waals surface area contributed by atoms with E-state index in [0.717, 1.165) is 37.0 Å². The maximum absolute atomic E-state index is 13.8. The van der Waals surface area contributed by atoms with Gasteiger partial charge >= 0.3 is 18.4 Å². The fraction of sp³-hybridized carbons (Fsp3) is 0.667. The number of likely N-dealkylation sites (tertiary alicyclic amines) is 1. The van der Waals surface area contributed by atoms with Gasteiger partial charge in [0.15, 0.2) is 0 Å². The molecular weight excluding hydrogens is 614 g/mol. The highest BCUT2D eigenvalue weighted by molar-refractivity contribution is 5.69. The fourth-order valence-electron chi connectivity index (χ4n) is 6.44. The Labute approximate surface area is 266 Å². The number of benzene rings is 1. The highest BCUT2D eigenvalue weighted by Gasteiger charge is 2.42. The van der Waals surface area contributed by atoms with Gasteiger partial charge in [-0.3, -0.25) is 0 Å². The van der Waals surface area contributed by atoms with Crippen LogP contribution in [0.15, 0.2) is 30.6 Å². The minimum Gasteiger partial charge on any atom is -0.444 e. The summed E-state index contributed by atoms with van der Waals surface area (Å²) in [5.41, 5.74) is -2.71. The summed E-state index contributed by atoms with van der Waals surface area (Å²) in [4.78, 5) is 26.0. The summed E-state index contributed by atoms with van der Waals surface area (Å²) in [6.07, 6.45) is -2.44. The predicted octanol–water partition coefficient (Wildman–Crippen LogP) is 8.76. The van der Waals surface area contributed by atoms with Crippen LogP contribution in [0.1, 0.15) is 108 Å². The van der Waals surface area contributed by atoms with E-state index >= 15 is 0 Å². The Hall–Kier alpha value is -3.09. The van der Waals surface area contributed by atoms with Crippen LogP contribution in [0.25, 0.3) is 0 Å². The number of aromatic nitrogens is 2. The van der Waals surface area contributed by atoms with E-state index in [1.807, 2.05) is 13.8 Å². The summed E-state index contributed by atoms with van der Waals surface area (Å²) in [5, 5.41) is 0. The molecule has 7 nitrogen and oxygen atoms in total. The van der Waals surface area contributed by atoms with Crippen molar-refractivity contribution in [2.24, 2.45) is 0 Å². The second-order valence-electron chi connectivity index (χ2n) is 13.2. The lowest BCUT2D eigenvalue weighted by atomic mass is 9.87. The van der Waals surface area contributed by atoms with E-state index in [1.165, 1.54) is 0 Å². The van der Waals surface area contributed by atoms with E-state index in [9.17, 15) is 31.1 Å².